The van der Waals surface area contributed by atoms with Gasteiger partial charge in [0.1, 0.15) is 12.0 Å². The number of nitrogen functional groups attached to an aromatic ring is 1. The van der Waals surface area contributed by atoms with Crippen LogP contribution in [0, 0.1) is 20.8 Å². The third-order valence-corrected chi connectivity index (χ3v) is 3.03. The summed E-state index contributed by atoms with van der Waals surface area (Å²) in [4.78, 5) is 8.28. The van der Waals surface area contributed by atoms with Crippen LogP contribution in [-0.4, -0.2) is 25.9 Å². The molecular formula is C13H19N5O. The molecule has 6 nitrogen and oxygen atoms in total. The van der Waals surface area contributed by atoms with Gasteiger partial charge >= 0.3 is 0 Å². The molecule has 102 valence electrons. The van der Waals surface area contributed by atoms with Gasteiger partial charge in [-0.2, -0.15) is 10.1 Å². The molecule has 0 aromatic carbocycles. The molecule has 0 amide bonds. The van der Waals surface area contributed by atoms with Gasteiger partial charge < -0.3 is 10.5 Å². The summed E-state index contributed by atoms with van der Waals surface area (Å²) in [6.07, 6.45) is 1.45. The van der Waals surface area contributed by atoms with E-state index in [2.05, 4.69) is 15.1 Å². The third kappa shape index (κ3) is 2.38. The van der Waals surface area contributed by atoms with Crippen LogP contribution in [0.1, 0.15) is 30.8 Å². The van der Waals surface area contributed by atoms with Crippen molar-refractivity contribution < 1.29 is 4.74 Å². The fourth-order valence-corrected chi connectivity index (χ4v) is 1.78. The average Bonchev–Trinajstić information content (AvgIpc) is 2.59. The highest BCUT2D eigenvalue weighted by Gasteiger charge is 2.16. The molecular weight excluding hydrogens is 242 g/mol. The predicted octanol–water partition coefficient (Wildman–Crippen LogP) is 1.96. The van der Waals surface area contributed by atoms with Crippen LogP contribution in [0.5, 0.6) is 5.88 Å². The van der Waals surface area contributed by atoms with Crippen molar-refractivity contribution in [3.8, 4) is 11.7 Å². The Labute approximate surface area is 112 Å². The van der Waals surface area contributed by atoms with Crippen LogP contribution in [0.3, 0.4) is 0 Å². The number of nitrogens with zero attached hydrogens (tertiary/aromatic N) is 4. The normalized spacial score (nSPS) is 11.1. The molecule has 2 aromatic heterocycles. The van der Waals surface area contributed by atoms with Crippen molar-refractivity contribution in [2.24, 2.45) is 0 Å². The SMILES string of the molecule is Cc1nn(-c2ncnc(OC(C)C)c2N)c(C)c1C. The summed E-state index contributed by atoms with van der Waals surface area (Å²) in [5.74, 6) is 0.949. The van der Waals surface area contributed by atoms with Crippen molar-refractivity contribution in [3.05, 3.63) is 23.3 Å². The summed E-state index contributed by atoms with van der Waals surface area (Å²) in [6.45, 7) is 9.82. The zero-order chi connectivity index (χ0) is 14.2. The fourth-order valence-electron chi connectivity index (χ4n) is 1.78. The van der Waals surface area contributed by atoms with E-state index in [0.29, 0.717) is 17.4 Å². The van der Waals surface area contributed by atoms with E-state index in [1.807, 2.05) is 34.6 Å². The lowest BCUT2D eigenvalue weighted by Crippen LogP contribution is -2.13. The van der Waals surface area contributed by atoms with Gasteiger partial charge in [-0.25, -0.2) is 9.67 Å². The van der Waals surface area contributed by atoms with Gasteiger partial charge in [-0.15, -0.1) is 0 Å². The van der Waals surface area contributed by atoms with Crippen molar-refractivity contribution in [2.75, 3.05) is 5.73 Å². The van der Waals surface area contributed by atoms with Crippen LogP contribution in [0.25, 0.3) is 5.82 Å². The molecule has 0 spiro atoms. The van der Waals surface area contributed by atoms with E-state index < -0.39 is 0 Å². The second kappa shape index (κ2) is 4.87. The van der Waals surface area contributed by atoms with Gasteiger partial charge in [-0.1, -0.05) is 0 Å². The molecule has 2 aromatic rings. The van der Waals surface area contributed by atoms with Gasteiger partial charge in [0.15, 0.2) is 5.82 Å². The maximum absolute atomic E-state index is 6.08. The molecule has 2 rings (SSSR count). The van der Waals surface area contributed by atoms with Crippen molar-refractivity contribution in [3.63, 3.8) is 0 Å². The second-order valence-electron chi connectivity index (χ2n) is 4.79. The Bertz CT molecular complexity index is 603. The highest BCUT2D eigenvalue weighted by molar-refractivity contribution is 5.60. The molecule has 0 saturated carbocycles. The Morgan fingerprint density at radius 3 is 2.42 bits per heavy atom. The number of aromatic nitrogens is 4. The Balaban J connectivity index is 2.53. The fraction of sp³-hybridized carbons (Fsp3) is 0.462. The second-order valence-corrected chi connectivity index (χ2v) is 4.79. The van der Waals surface area contributed by atoms with Crippen LogP contribution < -0.4 is 10.5 Å². The van der Waals surface area contributed by atoms with E-state index in [1.165, 1.54) is 6.33 Å². The van der Waals surface area contributed by atoms with Crippen LogP contribution in [0.15, 0.2) is 6.33 Å². The smallest absolute Gasteiger partial charge is 0.242 e. The number of nitrogens with two attached hydrogens (primary N) is 1. The van der Waals surface area contributed by atoms with E-state index in [9.17, 15) is 0 Å². The van der Waals surface area contributed by atoms with E-state index in [0.717, 1.165) is 17.0 Å². The molecule has 2 heterocycles. The van der Waals surface area contributed by atoms with Crippen LogP contribution in [-0.2, 0) is 0 Å². The average molecular weight is 261 g/mol. The first-order valence-electron chi connectivity index (χ1n) is 6.22. The Morgan fingerprint density at radius 2 is 1.89 bits per heavy atom. The maximum Gasteiger partial charge on any atom is 0.242 e. The lowest BCUT2D eigenvalue weighted by molar-refractivity contribution is 0.233. The van der Waals surface area contributed by atoms with Gasteiger partial charge in [0.25, 0.3) is 0 Å². The molecule has 0 radical (unpaired) electrons. The predicted molar refractivity (Wildman–Crippen MR) is 73.5 cm³/mol. The van der Waals surface area contributed by atoms with Gasteiger partial charge in [0.2, 0.25) is 5.88 Å². The van der Waals surface area contributed by atoms with Crippen LogP contribution >= 0.6 is 0 Å². The number of hydrogen-bond acceptors (Lipinski definition) is 5. The molecule has 0 fully saturated rings. The minimum absolute atomic E-state index is 0.00670. The zero-order valence-electron chi connectivity index (χ0n) is 11.9. The Hall–Kier alpha value is -2.11. The Morgan fingerprint density at radius 1 is 1.21 bits per heavy atom. The number of ether oxygens (including phenoxy) is 1. The molecule has 0 aliphatic heterocycles. The lowest BCUT2D eigenvalue weighted by Gasteiger charge is -2.13. The molecule has 2 N–H and O–H groups in total. The minimum atomic E-state index is 0.00670. The number of aryl methyl sites for hydroxylation is 1. The molecule has 0 saturated heterocycles. The summed E-state index contributed by atoms with van der Waals surface area (Å²) < 4.78 is 7.30. The highest BCUT2D eigenvalue weighted by atomic mass is 16.5. The summed E-state index contributed by atoms with van der Waals surface area (Å²) in [5, 5.41) is 4.45. The topological polar surface area (TPSA) is 78.8 Å². The monoisotopic (exact) mass is 261 g/mol. The first kappa shape index (κ1) is 13.3. The molecule has 0 aliphatic rings. The summed E-state index contributed by atoms with van der Waals surface area (Å²) in [5.41, 5.74) is 9.59. The minimum Gasteiger partial charge on any atom is -0.473 e. The van der Waals surface area contributed by atoms with Crippen LogP contribution in [0.4, 0.5) is 5.69 Å². The number of hydrogen-bond donors (Lipinski definition) is 1. The van der Waals surface area contributed by atoms with Gasteiger partial charge in [0.05, 0.1) is 11.8 Å². The standard InChI is InChI=1S/C13H19N5O/c1-7(2)19-13-11(14)12(15-6-16-13)18-10(5)8(3)9(4)17-18/h6-7H,14H2,1-5H3. The molecule has 0 bridgehead atoms. The third-order valence-electron chi connectivity index (χ3n) is 3.03. The quantitative estimate of drug-likeness (QED) is 0.913. The maximum atomic E-state index is 6.08. The van der Waals surface area contributed by atoms with E-state index >= 15 is 0 Å². The van der Waals surface area contributed by atoms with Gasteiger partial charge in [-0.05, 0) is 40.2 Å². The van der Waals surface area contributed by atoms with E-state index in [4.69, 9.17) is 10.5 Å². The highest BCUT2D eigenvalue weighted by Crippen LogP contribution is 2.26. The molecule has 0 unspecified atom stereocenters. The Kier molecular flexibility index (Phi) is 3.42. The van der Waals surface area contributed by atoms with Crippen molar-refractivity contribution in [1.82, 2.24) is 19.7 Å². The van der Waals surface area contributed by atoms with Crippen LogP contribution in [0.2, 0.25) is 0 Å². The molecule has 6 heteroatoms. The summed E-state index contributed by atoms with van der Waals surface area (Å²) >= 11 is 0. The number of anilines is 1. The summed E-state index contributed by atoms with van der Waals surface area (Å²) in [6, 6.07) is 0. The first-order chi connectivity index (χ1) is 8.91. The zero-order valence-corrected chi connectivity index (χ0v) is 11.9. The first-order valence-corrected chi connectivity index (χ1v) is 6.22. The molecule has 0 atom stereocenters. The van der Waals surface area contributed by atoms with E-state index in [-0.39, 0.29) is 6.10 Å². The molecule has 19 heavy (non-hydrogen) atoms. The largest absolute Gasteiger partial charge is 0.473 e. The van der Waals surface area contributed by atoms with Crippen molar-refractivity contribution >= 4 is 5.69 Å². The van der Waals surface area contributed by atoms with Crippen molar-refractivity contribution in [1.29, 1.82) is 0 Å². The van der Waals surface area contributed by atoms with Crippen molar-refractivity contribution in [2.45, 2.75) is 40.7 Å². The summed E-state index contributed by atoms with van der Waals surface area (Å²) in [7, 11) is 0. The van der Waals surface area contributed by atoms with Gasteiger partial charge in [-0.3, -0.25) is 0 Å². The van der Waals surface area contributed by atoms with E-state index in [1.54, 1.807) is 4.68 Å². The molecule has 0 aliphatic carbocycles. The lowest BCUT2D eigenvalue weighted by atomic mass is 10.2. The number of rotatable bonds is 3. The van der Waals surface area contributed by atoms with Gasteiger partial charge in [0, 0.05) is 5.69 Å².